The van der Waals surface area contributed by atoms with E-state index in [1.54, 1.807) is 63.2 Å². The van der Waals surface area contributed by atoms with Crippen LogP contribution in [0.5, 0.6) is 23.0 Å². The molecule has 45 heavy (non-hydrogen) atoms. The van der Waals surface area contributed by atoms with Crippen LogP contribution in [-0.2, 0) is 16.1 Å². The first-order valence-corrected chi connectivity index (χ1v) is 15.3. The van der Waals surface area contributed by atoms with Crippen LogP contribution in [0.25, 0.3) is 6.08 Å². The second-order valence-corrected chi connectivity index (χ2v) is 11.9. The molecule has 1 unspecified atom stereocenters. The molecule has 9 nitrogen and oxygen atoms in total. The van der Waals surface area contributed by atoms with Gasteiger partial charge >= 0.3 is 5.97 Å². The monoisotopic (exact) mass is 628 g/mol. The Balaban J connectivity index is 1.61. The lowest BCUT2D eigenvalue weighted by atomic mass is 9.95. The number of benzene rings is 3. The maximum Gasteiger partial charge on any atom is 0.338 e. The number of allylic oxidation sites excluding steroid dienone is 1. The molecule has 0 amide bonds. The number of nitrogens with zero attached hydrogens (tertiary/aromatic N) is 2. The summed E-state index contributed by atoms with van der Waals surface area (Å²) in [6, 6.07) is 19.9. The molecule has 0 aliphatic carbocycles. The Bertz CT molecular complexity index is 1910. The SMILES string of the molecule is COc1ccc(C=c2sc3n(c2=O)C(c2ccc(OCc4ccccc4)c(OC)c2)C(C(=O)OCC(C)C)=C(C)N=3)cc1OC. The molecule has 0 radical (unpaired) electrons. The van der Waals surface area contributed by atoms with E-state index >= 15 is 0 Å². The third-order valence-corrected chi connectivity index (χ3v) is 8.22. The Morgan fingerprint density at radius 1 is 0.933 bits per heavy atom. The van der Waals surface area contributed by atoms with Crippen molar-refractivity contribution in [1.82, 2.24) is 4.57 Å². The topological polar surface area (TPSA) is 97.6 Å². The molecule has 0 fully saturated rings. The largest absolute Gasteiger partial charge is 0.493 e. The Kier molecular flexibility index (Phi) is 9.73. The molecule has 0 bridgehead atoms. The summed E-state index contributed by atoms with van der Waals surface area (Å²) < 4.78 is 30.3. The second-order valence-electron chi connectivity index (χ2n) is 10.9. The molecule has 0 saturated heterocycles. The highest BCUT2D eigenvalue weighted by Gasteiger charge is 2.34. The number of thiazole rings is 1. The van der Waals surface area contributed by atoms with Gasteiger partial charge in [0.2, 0.25) is 0 Å². The van der Waals surface area contributed by atoms with Gasteiger partial charge in [-0.15, -0.1) is 0 Å². The van der Waals surface area contributed by atoms with Crippen LogP contribution in [0, 0.1) is 5.92 Å². The van der Waals surface area contributed by atoms with Gasteiger partial charge in [-0.2, -0.15) is 0 Å². The fraction of sp³-hybridized carbons (Fsp3) is 0.286. The third-order valence-electron chi connectivity index (χ3n) is 7.24. The summed E-state index contributed by atoms with van der Waals surface area (Å²) >= 11 is 1.25. The predicted molar refractivity (Wildman–Crippen MR) is 173 cm³/mol. The average Bonchev–Trinajstić information content (AvgIpc) is 3.35. The number of hydrogen-bond acceptors (Lipinski definition) is 9. The highest BCUT2D eigenvalue weighted by Crippen LogP contribution is 2.36. The average molecular weight is 629 g/mol. The molecule has 4 aromatic rings. The van der Waals surface area contributed by atoms with Gasteiger partial charge in [0.1, 0.15) is 6.61 Å². The van der Waals surface area contributed by atoms with Crippen LogP contribution >= 0.6 is 11.3 Å². The van der Waals surface area contributed by atoms with Crippen molar-refractivity contribution >= 4 is 23.4 Å². The molecule has 2 heterocycles. The van der Waals surface area contributed by atoms with Gasteiger partial charge in [0.15, 0.2) is 27.8 Å². The number of hydrogen-bond donors (Lipinski definition) is 0. The Labute approximate surface area is 265 Å². The van der Waals surface area contributed by atoms with Crippen molar-refractivity contribution in [3.63, 3.8) is 0 Å². The summed E-state index contributed by atoms with van der Waals surface area (Å²) in [4.78, 5) is 32.9. The van der Waals surface area contributed by atoms with Crippen LogP contribution < -0.4 is 33.8 Å². The molecule has 0 saturated carbocycles. The Morgan fingerprint density at radius 2 is 1.62 bits per heavy atom. The van der Waals surface area contributed by atoms with Crippen molar-refractivity contribution in [2.45, 2.75) is 33.4 Å². The van der Waals surface area contributed by atoms with Gasteiger partial charge in [0.25, 0.3) is 5.56 Å². The van der Waals surface area contributed by atoms with Gasteiger partial charge in [-0.1, -0.05) is 67.6 Å². The van der Waals surface area contributed by atoms with E-state index < -0.39 is 12.0 Å². The molecular weight excluding hydrogens is 592 g/mol. The smallest absolute Gasteiger partial charge is 0.338 e. The summed E-state index contributed by atoms with van der Waals surface area (Å²) in [5.41, 5.74) is 2.91. The maximum absolute atomic E-state index is 14.1. The fourth-order valence-electron chi connectivity index (χ4n) is 5.02. The summed E-state index contributed by atoms with van der Waals surface area (Å²) in [5.74, 6) is 1.76. The number of esters is 1. The highest BCUT2D eigenvalue weighted by atomic mass is 32.1. The zero-order valence-corrected chi connectivity index (χ0v) is 27.0. The van der Waals surface area contributed by atoms with Crippen LogP contribution in [0.3, 0.4) is 0 Å². The lowest BCUT2D eigenvalue weighted by Gasteiger charge is -2.25. The number of methoxy groups -OCH3 is 3. The number of carbonyl (C=O) groups is 1. The quantitative estimate of drug-likeness (QED) is 0.215. The molecule has 5 rings (SSSR count). The fourth-order valence-corrected chi connectivity index (χ4v) is 6.07. The molecule has 1 aliphatic heterocycles. The summed E-state index contributed by atoms with van der Waals surface area (Å²) in [7, 11) is 4.69. The first-order valence-electron chi connectivity index (χ1n) is 14.5. The minimum atomic E-state index is -0.800. The number of fused-ring (bicyclic) bond motifs is 1. The van der Waals surface area contributed by atoms with Gasteiger partial charge in [-0.3, -0.25) is 9.36 Å². The molecule has 0 spiro atoms. The molecular formula is C35H36N2O7S. The van der Waals surface area contributed by atoms with Gasteiger partial charge in [-0.05, 0) is 59.9 Å². The van der Waals surface area contributed by atoms with E-state index in [9.17, 15) is 9.59 Å². The molecule has 1 aliphatic rings. The molecule has 3 aromatic carbocycles. The van der Waals surface area contributed by atoms with Crippen molar-refractivity contribution < 1.29 is 28.5 Å². The summed E-state index contributed by atoms with van der Waals surface area (Å²) in [5, 5.41) is 0. The van der Waals surface area contributed by atoms with Crippen molar-refractivity contribution in [1.29, 1.82) is 0 Å². The van der Waals surface area contributed by atoms with E-state index in [1.165, 1.54) is 11.3 Å². The molecule has 1 aromatic heterocycles. The Hall–Kier alpha value is -4.83. The third kappa shape index (κ3) is 6.81. The van der Waals surface area contributed by atoms with E-state index in [-0.39, 0.29) is 18.1 Å². The number of carbonyl (C=O) groups excluding carboxylic acids is 1. The number of rotatable bonds is 11. The van der Waals surface area contributed by atoms with Crippen molar-refractivity contribution in [3.05, 3.63) is 114 Å². The number of aromatic nitrogens is 1. The van der Waals surface area contributed by atoms with Crippen LogP contribution in [0.1, 0.15) is 43.5 Å². The summed E-state index contributed by atoms with van der Waals surface area (Å²) in [6.07, 6.45) is 1.78. The number of ether oxygens (including phenoxy) is 5. The maximum atomic E-state index is 14.1. The Morgan fingerprint density at radius 3 is 2.31 bits per heavy atom. The lowest BCUT2D eigenvalue weighted by molar-refractivity contribution is -0.140. The van der Waals surface area contributed by atoms with Gasteiger partial charge in [0.05, 0.1) is 49.8 Å². The standard InChI is InChI=1S/C35H36N2O7S/c1-21(2)19-44-34(39)31-22(3)36-35-37(33(38)30(45-35)17-24-12-14-26(40-4)28(16-24)41-5)32(31)25-13-15-27(29(18-25)42-6)43-20-23-10-8-7-9-11-23/h7-18,21,32H,19-20H2,1-6H3. The van der Waals surface area contributed by atoms with E-state index in [0.717, 1.165) is 11.1 Å². The second kappa shape index (κ2) is 13.9. The minimum absolute atomic E-state index is 0.136. The zero-order chi connectivity index (χ0) is 32.1. The molecule has 10 heteroatoms. The lowest BCUT2D eigenvalue weighted by Crippen LogP contribution is -2.40. The van der Waals surface area contributed by atoms with Crippen LogP contribution in [0.4, 0.5) is 0 Å². The van der Waals surface area contributed by atoms with E-state index in [4.69, 9.17) is 28.7 Å². The summed E-state index contributed by atoms with van der Waals surface area (Å²) in [6.45, 7) is 6.29. The van der Waals surface area contributed by atoms with Crippen LogP contribution in [0.2, 0.25) is 0 Å². The molecule has 234 valence electrons. The molecule has 1 atom stereocenters. The van der Waals surface area contributed by atoms with Gasteiger partial charge in [0, 0.05) is 0 Å². The molecule has 0 N–H and O–H groups in total. The first-order chi connectivity index (χ1) is 21.7. The van der Waals surface area contributed by atoms with E-state index in [1.807, 2.05) is 56.3 Å². The predicted octanol–water partition coefficient (Wildman–Crippen LogP) is 5.04. The minimum Gasteiger partial charge on any atom is -0.493 e. The van der Waals surface area contributed by atoms with E-state index in [0.29, 0.717) is 55.8 Å². The van der Waals surface area contributed by atoms with Gasteiger partial charge in [-0.25, -0.2) is 9.79 Å². The first kappa shape index (κ1) is 31.6. The highest BCUT2D eigenvalue weighted by molar-refractivity contribution is 7.07. The van der Waals surface area contributed by atoms with Crippen molar-refractivity contribution in [2.75, 3.05) is 27.9 Å². The van der Waals surface area contributed by atoms with Crippen LogP contribution in [-0.4, -0.2) is 38.5 Å². The normalized spacial score (nSPS) is 14.6. The zero-order valence-electron chi connectivity index (χ0n) is 26.2. The van der Waals surface area contributed by atoms with Crippen LogP contribution in [0.15, 0.2) is 87.8 Å². The van der Waals surface area contributed by atoms with Crippen molar-refractivity contribution in [2.24, 2.45) is 10.9 Å². The van der Waals surface area contributed by atoms with E-state index in [2.05, 4.69) is 0 Å². The van der Waals surface area contributed by atoms with Crippen molar-refractivity contribution in [3.8, 4) is 23.0 Å². The van der Waals surface area contributed by atoms with Gasteiger partial charge < -0.3 is 23.7 Å².